The molecular formula is C18H21N3O2S. The van der Waals surface area contributed by atoms with Gasteiger partial charge in [0.2, 0.25) is 0 Å². The van der Waals surface area contributed by atoms with Gasteiger partial charge in [0.15, 0.2) is 0 Å². The second kappa shape index (κ2) is 8.75. The molecular weight excluding hydrogens is 322 g/mol. The number of nitrogens with one attached hydrogen (secondary N) is 1. The molecule has 6 heteroatoms. The first kappa shape index (κ1) is 16.9. The topological polar surface area (TPSA) is 59.3 Å². The Morgan fingerprint density at radius 3 is 2.75 bits per heavy atom. The van der Waals surface area contributed by atoms with Crippen molar-refractivity contribution < 1.29 is 9.84 Å². The number of rotatable bonds is 9. The summed E-state index contributed by atoms with van der Waals surface area (Å²) in [5.41, 5.74) is 3.22. The molecule has 0 fully saturated rings. The number of para-hydroxylation sites is 1. The number of nitrogens with zero attached hydrogens (tertiary/aromatic N) is 2. The van der Waals surface area contributed by atoms with Crippen LogP contribution in [0.4, 0.5) is 0 Å². The maximum atomic E-state index is 8.70. The van der Waals surface area contributed by atoms with Gasteiger partial charge in [-0.2, -0.15) is 5.10 Å². The summed E-state index contributed by atoms with van der Waals surface area (Å²) in [7, 11) is 0. The Morgan fingerprint density at radius 1 is 1.12 bits per heavy atom. The summed E-state index contributed by atoms with van der Waals surface area (Å²) in [5, 5.41) is 18.9. The highest BCUT2D eigenvalue weighted by Gasteiger charge is 2.12. The van der Waals surface area contributed by atoms with Crippen molar-refractivity contribution in [2.75, 3.05) is 26.4 Å². The van der Waals surface area contributed by atoms with E-state index in [1.165, 1.54) is 0 Å². The first-order chi connectivity index (χ1) is 11.9. The Balaban J connectivity index is 1.73. The highest BCUT2D eigenvalue weighted by molar-refractivity contribution is 7.13. The average molecular weight is 343 g/mol. The van der Waals surface area contributed by atoms with E-state index in [9.17, 15) is 0 Å². The van der Waals surface area contributed by atoms with Gasteiger partial charge in [-0.25, -0.2) is 4.68 Å². The van der Waals surface area contributed by atoms with Crippen molar-refractivity contribution in [2.24, 2.45) is 0 Å². The fourth-order valence-corrected chi connectivity index (χ4v) is 3.15. The van der Waals surface area contributed by atoms with Crippen LogP contribution in [0.2, 0.25) is 0 Å². The van der Waals surface area contributed by atoms with Crippen LogP contribution >= 0.6 is 11.3 Å². The van der Waals surface area contributed by atoms with Crippen molar-refractivity contribution in [1.29, 1.82) is 0 Å². The lowest BCUT2D eigenvalue weighted by Crippen LogP contribution is -2.20. The number of aliphatic hydroxyl groups excluding tert-OH is 1. The third-order valence-corrected chi connectivity index (χ3v) is 4.42. The maximum Gasteiger partial charge on any atom is 0.107 e. The van der Waals surface area contributed by atoms with Crippen molar-refractivity contribution in [3.8, 4) is 16.3 Å². The number of aliphatic hydroxyl groups is 1. The second-order valence-corrected chi connectivity index (χ2v) is 6.22. The standard InChI is InChI=1S/C18H21N3O2S/c22-9-11-23-10-8-19-13-15-14-21(16-5-2-1-3-6-16)20-18(15)17-7-4-12-24-17/h1-7,12,14,19,22H,8-11,13H2. The Morgan fingerprint density at radius 2 is 2.00 bits per heavy atom. The number of hydrogen-bond donors (Lipinski definition) is 2. The summed E-state index contributed by atoms with van der Waals surface area (Å²) in [6.45, 7) is 2.49. The van der Waals surface area contributed by atoms with Crippen molar-refractivity contribution >= 4 is 11.3 Å². The molecule has 24 heavy (non-hydrogen) atoms. The van der Waals surface area contributed by atoms with Gasteiger partial charge in [0.25, 0.3) is 0 Å². The first-order valence-corrected chi connectivity index (χ1v) is 8.83. The minimum Gasteiger partial charge on any atom is -0.394 e. The van der Waals surface area contributed by atoms with Crippen LogP contribution in [0.15, 0.2) is 54.0 Å². The number of benzene rings is 1. The van der Waals surface area contributed by atoms with Gasteiger partial charge >= 0.3 is 0 Å². The van der Waals surface area contributed by atoms with E-state index >= 15 is 0 Å². The van der Waals surface area contributed by atoms with Crippen LogP contribution in [0.5, 0.6) is 0 Å². The molecule has 0 radical (unpaired) electrons. The summed E-state index contributed by atoms with van der Waals surface area (Å²) >= 11 is 1.69. The molecule has 0 amide bonds. The van der Waals surface area contributed by atoms with Gasteiger partial charge in [0, 0.05) is 24.8 Å². The molecule has 126 valence electrons. The van der Waals surface area contributed by atoms with Gasteiger partial charge in [0.05, 0.1) is 30.4 Å². The molecule has 3 rings (SSSR count). The van der Waals surface area contributed by atoms with Gasteiger partial charge in [-0.15, -0.1) is 11.3 Å². The quantitative estimate of drug-likeness (QED) is 0.587. The minimum absolute atomic E-state index is 0.0619. The Kier molecular flexibility index (Phi) is 6.14. The molecule has 0 saturated carbocycles. The molecule has 2 heterocycles. The molecule has 0 unspecified atom stereocenters. The number of hydrogen-bond acceptors (Lipinski definition) is 5. The molecule has 0 atom stereocenters. The van der Waals surface area contributed by atoms with Crippen molar-refractivity contribution in [2.45, 2.75) is 6.54 Å². The SMILES string of the molecule is OCCOCCNCc1cn(-c2ccccc2)nc1-c1cccs1. The summed E-state index contributed by atoms with van der Waals surface area (Å²) in [5.74, 6) is 0. The van der Waals surface area contributed by atoms with Gasteiger partial charge in [-0.1, -0.05) is 24.3 Å². The molecule has 0 aliphatic heterocycles. The molecule has 1 aromatic carbocycles. The third-order valence-electron chi connectivity index (χ3n) is 3.54. The monoisotopic (exact) mass is 343 g/mol. The van der Waals surface area contributed by atoms with Crippen LogP contribution in [0.3, 0.4) is 0 Å². The van der Waals surface area contributed by atoms with Crippen molar-refractivity contribution in [3.05, 3.63) is 59.6 Å². The Bertz CT molecular complexity index is 726. The largest absolute Gasteiger partial charge is 0.394 e. The van der Waals surface area contributed by atoms with E-state index < -0.39 is 0 Å². The van der Waals surface area contributed by atoms with Crippen LogP contribution in [0.25, 0.3) is 16.3 Å². The van der Waals surface area contributed by atoms with E-state index in [0.29, 0.717) is 13.2 Å². The zero-order valence-electron chi connectivity index (χ0n) is 13.4. The molecule has 5 nitrogen and oxygen atoms in total. The van der Waals surface area contributed by atoms with Crippen LogP contribution in [0, 0.1) is 0 Å². The van der Waals surface area contributed by atoms with Crippen LogP contribution in [-0.4, -0.2) is 41.3 Å². The van der Waals surface area contributed by atoms with E-state index in [-0.39, 0.29) is 6.61 Å². The number of thiophene rings is 1. The Labute approximate surface area is 145 Å². The summed E-state index contributed by atoms with van der Waals surface area (Å²) in [4.78, 5) is 1.16. The molecule has 0 aliphatic rings. The molecule has 0 bridgehead atoms. The summed E-state index contributed by atoms with van der Waals surface area (Å²) in [6, 6.07) is 14.3. The maximum absolute atomic E-state index is 8.70. The van der Waals surface area contributed by atoms with Crippen LogP contribution in [0.1, 0.15) is 5.56 Å². The smallest absolute Gasteiger partial charge is 0.107 e. The number of ether oxygens (including phenoxy) is 1. The summed E-state index contributed by atoms with van der Waals surface area (Å²) in [6.07, 6.45) is 2.08. The van der Waals surface area contributed by atoms with Crippen LogP contribution < -0.4 is 5.32 Å². The fourth-order valence-electron chi connectivity index (χ4n) is 2.41. The zero-order chi connectivity index (χ0) is 16.6. The highest BCUT2D eigenvalue weighted by Crippen LogP contribution is 2.27. The lowest BCUT2D eigenvalue weighted by molar-refractivity contribution is 0.0938. The Hall–Kier alpha value is -1.99. The molecule has 2 N–H and O–H groups in total. The first-order valence-electron chi connectivity index (χ1n) is 7.95. The third kappa shape index (κ3) is 4.30. The molecule has 0 aliphatic carbocycles. The van der Waals surface area contributed by atoms with E-state index in [4.69, 9.17) is 14.9 Å². The van der Waals surface area contributed by atoms with Crippen molar-refractivity contribution in [1.82, 2.24) is 15.1 Å². The molecule has 3 aromatic rings. The molecule has 2 aromatic heterocycles. The van der Waals surface area contributed by atoms with Crippen molar-refractivity contribution in [3.63, 3.8) is 0 Å². The predicted molar refractivity (Wildman–Crippen MR) is 96.5 cm³/mol. The average Bonchev–Trinajstić information content (AvgIpc) is 3.28. The normalized spacial score (nSPS) is 11.0. The predicted octanol–water partition coefficient (Wildman–Crippen LogP) is 2.70. The lowest BCUT2D eigenvalue weighted by Gasteiger charge is -2.05. The lowest BCUT2D eigenvalue weighted by atomic mass is 10.2. The molecule has 0 saturated heterocycles. The second-order valence-electron chi connectivity index (χ2n) is 5.27. The van der Waals surface area contributed by atoms with Gasteiger partial charge < -0.3 is 15.2 Å². The van der Waals surface area contributed by atoms with Gasteiger partial charge in [0.1, 0.15) is 5.69 Å². The van der Waals surface area contributed by atoms with Gasteiger partial charge in [-0.05, 0) is 23.6 Å². The molecule has 0 spiro atoms. The summed E-state index contributed by atoms with van der Waals surface area (Å²) < 4.78 is 7.19. The van der Waals surface area contributed by atoms with E-state index in [0.717, 1.165) is 34.9 Å². The number of aromatic nitrogens is 2. The van der Waals surface area contributed by atoms with E-state index in [2.05, 4.69) is 23.0 Å². The van der Waals surface area contributed by atoms with Crippen LogP contribution in [-0.2, 0) is 11.3 Å². The van der Waals surface area contributed by atoms with Gasteiger partial charge in [-0.3, -0.25) is 0 Å². The zero-order valence-corrected chi connectivity index (χ0v) is 14.2. The minimum atomic E-state index is 0.0619. The fraction of sp³-hybridized carbons (Fsp3) is 0.278. The van der Waals surface area contributed by atoms with E-state index in [1.54, 1.807) is 11.3 Å². The van der Waals surface area contributed by atoms with E-state index in [1.807, 2.05) is 41.1 Å². The highest BCUT2D eigenvalue weighted by atomic mass is 32.1.